The Morgan fingerprint density at radius 2 is 0.690 bits per heavy atom. The van der Waals surface area contributed by atoms with Crippen LogP contribution in [0.4, 0.5) is 0 Å². The Morgan fingerprint density at radius 3 is 0.910 bits per heavy atom. The zero-order chi connectivity index (χ0) is 75.8. The minimum Gasteiger partial charge on any atom is -0.385 e. The van der Waals surface area contributed by atoms with Gasteiger partial charge in [-0.2, -0.15) is 0 Å². The van der Waals surface area contributed by atoms with Gasteiger partial charge in [0.25, 0.3) is 0 Å². The second-order valence-electron chi connectivity index (χ2n) is 28.4. The fourth-order valence-electron chi connectivity index (χ4n) is 9.14. The van der Waals surface area contributed by atoms with Gasteiger partial charge in [-0.15, -0.1) is 0 Å². The molecule has 2 aromatic heterocycles. The molecule has 2 N–H and O–H groups in total. The van der Waals surface area contributed by atoms with E-state index >= 15 is 0 Å². The Bertz CT molecular complexity index is 2420. The molecule has 10 heteroatoms. The Labute approximate surface area is 617 Å². The van der Waals surface area contributed by atoms with Crippen molar-refractivity contribution in [1.29, 1.82) is 0 Å². The summed E-state index contributed by atoms with van der Waals surface area (Å²) in [5.74, 6) is 5.91. The van der Waals surface area contributed by atoms with Crippen molar-refractivity contribution in [2.45, 2.75) is 283 Å². The fourth-order valence-corrected chi connectivity index (χ4v) is 9.14. The number of aliphatic imine (C=N–C) groups is 1. The molecule has 3 fully saturated rings. The van der Waals surface area contributed by atoms with Crippen LogP contribution in [-0.2, 0) is 18.9 Å². The van der Waals surface area contributed by atoms with Gasteiger partial charge >= 0.3 is 0 Å². The first-order chi connectivity index (χ1) is 47.5. The van der Waals surface area contributed by atoms with E-state index in [9.17, 15) is 0 Å². The number of rotatable bonds is 0. The predicted molar refractivity (Wildman–Crippen MR) is 440 cm³/mol. The van der Waals surface area contributed by atoms with Crippen molar-refractivity contribution in [3.8, 4) is 0 Å². The van der Waals surface area contributed by atoms with Crippen molar-refractivity contribution in [3.63, 3.8) is 0 Å². The van der Waals surface area contributed by atoms with Crippen LogP contribution in [0.2, 0.25) is 0 Å². The van der Waals surface area contributed by atoms with E-state index in [4.69, 9.17) is 18.9 Å². The van der Waals surface area contributed by atoms with Gasteiger partial charge in [-0.3, -0.25) is 9.98 Å². The van der Waals surface area contributed by atoms with Crippen LogP contribution >= 0.6 is 0 Å². The average Bonchev–Trinajstić information content (AvgIpc) is 3.76. The first kappa shape index (κ1) is 95.8. The molecule has 5 aromatic rings. The topological polar surface area (TPSA) is 112 Å². The normalized spacial score (nSPS) is 22.4. The molecule has 10 nitrogen and oxygen atoms in total. The van der Waals surface area contributed by atoms with Crippen molar-refractivity contribution >= 4 is 6.21 Å². The summed E-state index contributed by atoms with van der Waals surface area (Å²) in [5, 5.41) is 6.25. The maximum absolute atomic E-state index is 5.17. The minimum absolute atomic E-state index is 0. The van der Waals surface area contributed by atoms with E-state index in [1.807, 2.05) is 126 Å². The summed E-state index contributed by atoms with van der Waals surface area (Å²) in [5.41, 5.74) is 17.0. The lowest BCUT2D eigenvalue weighted by atomic mass is 9.84. The number of hydrogen-bond donors (Lipinski definition) is 2. The monoisotopic (exact) mass is 1380 g/mol. The van der Waals surface area contributed by atoms with Crippen LogP contribution in [0, 0.1) is 105 Å². The molecule has 0 radical (unpaired) electrons. The molecule has 0 spiro atoms. The molecule has 4 unspecified atom stereocenters. The predicted octanol–water partition coefficient (Wildman–Crippen LogP) is 24.7. The molecule has 2 saturated heterocycles. The van der Waals surface area contributed by atoms with Gasteiger partial charge in [-0.1, -0.05) is 243 Å². The SMILES string of the molecule is CC.CC.CC1=CCC(C)CC1.CC1=CCC(C)CC1.CC1=CNC(C)C=C1.CC1=CNC(C)N=C1.CC1CCC(C)CC1.CC1COC(C)OC1.CC1COC(C)OC1.Cc1ccc(C)cc1.Cc1ccc(C)cc1.Cc1ccc(C)cc1.Cc1ccc(C)nc1.Cc1cnc(C)nc1.[HH]. The van der Waals surface area contributed by atoms with E-state index in [0.29, 0.717) is 17.9 Å². The lowest BCUT2D eigenvalue weighted by Crippen LogP contribution is -2.27. The third-order valence-electron chi connectivity index (χ3n) is 16.5. The van der Waals surface area contributed by atoms with Gasteiger partial charge in [0.05, 0.1) is 26.4 Å². The lowest BCUT2D eigenvalue weighted by molar-refractivity contribution is -0.187. The van der Waals surface area contributed by atoms with Crippen LogP contribution in [0.5, 0.6) is 0 Å². The number of allylic oxidation sites excluding steroid dienone is 7. The fraction of sp³-hybridized carbons (Fsp3) is 0.578. The molecule has 3 aliphatic carbocycles. The van der Waals surface area contributed by atoms with Gasteiger partial charge in [0, 0.05) is 56.0 Å². The van der Waals surface area contributed by atoms with Crippen LogP contribution < -0.4 is 10.6 Å². The summed E-state index contributed by atoms with van der Waals surface area (Å²) < 4.78 is 20.7. The molecule has 3 aromatic carbocycles. The first-order valence-electron chi connectivity index (χ1n) is 38.0. The maximum atomic E-state index is 5.17. The van der Waals surface area contributed by atoms with Crippen molar-refractivity contribution in [1.82, 2.24) is 25.6 Å². The number of nitrogens with zero attached hydrogens (tertiary/aromatic N) is 4. The van der Waals surface area contributed by atoms with Crippen LogP contribution in [0.25, 0.3) is 0 Å². The number of nitrogens with one attached hydrogen (secondary N) is 2. The molecule has 6 heterocycles. The number of pyridine rings is 1. The first-order valence-corrected chi connectivity index (χ1v) is 38.0. The number of benzene rings is 3. The van der Waals surface area contributed by atoms with E-state index < -0.39 is 0 Å². The zero-order valence-electron chi connectivity index (χ0n) is 69.0. The summed E-state index contributed by atoms with van der Waals surface area (Å²) in [4.78, 5) is 16.1. The minimum atomic E-state index is 0. The largest absolute Gasteiger partial charge is 0.385 e. The van der Waals surface area contributed by atoms with Crippen molar-refractivity contribution < 1.29 is 20.4 Å². The molecular weight excluding hydrogens is 1230 g/mol. The van der Waals surface area contributed by atoms with Gasteiger partial charge in [0.2, 0.25) is 0 Å². The van der Waals surface area contributed by atoms with Crippen LogP contribution in [0.1, 0.15) is 246 Å². The van der Waals surface area contributed by atoms with Gasteiger partial charge < -0.3 is 29.6 Å². The van der Waals surface area contributed by atoms with E-state index in [0.717, 1.165) is 67.2 Å². The van der Waals surface area contributed by atoms with Gasteiger partial charge in [0.15, 0.2) is 12.6 Å². The highest BCUT2D eigenvalue weighted by atomic mass is 16.7. The number of hydrogen-bond acceptors (Lipinski definition) is 10. The highest BCUT2D eigenvalue weighted by molar-refractivity contribution is 5.78. The van der Waals surface area contributed by atoms with Crippen LogP contribution in [0.3, 0.4) is 0 Å². The molecule has 0 bridgehead atoms. The second-order valence-corrected chi connectivity index (χ2v) is 28.4. The summed E-state index contributed by atoms with van der Waals surface area (Å²) in [6.45, 7) is 62.0. The molecule has 4 atom stereocenters. The Balaban J connectivity index is -0.00000103. The van der Waals surface area contributed by atoms with Gasteiger partial charge in [-0.05, 0) is 221 Å². The van der Waals surface area contributed by atoms with E-state index in [1.165, 1.54) is 114 Å². The van der Waals surface area contributed by atoms with Crippen LogP contribution in [-0.4, -0.2) is 72.4 Å². The molecule has 0 amide bonds. The van der Waals surface area contributed by atoms with Crippen molar-refractivity contribution in [2.24, 2.45) is 40.5 Å². The lowest BCUT2D eigenvalue weighted by Gasteiger charge is -2.24. The number of ether oxygens (including phenoxy) is 4. The molecule has 1 saturated carbocycles. The summed E-state index contributed by atoms with van der Waals surface area (Å²) in [6.07, 6.45) is 34.7. The Morgan fingerprint density at radius 1 is 0.360 bits per heavy atom. The standard InChI is InChI=1S/C8H16.2C8H14.3C8H10.C7H11N.C7H9N.C6H10N2.C6H8N2.2C6H12O2.2C2H6.H2/c6*1-7-3-5-8(2)6-4-7;2*1-6-3-4-7(2)8-5-6;4*1-5-3-7-6(2)8-4-5;2*1-2;/h7-8H,3-6H2,1-2H3;2*3,8H,4-6H2,1-2H3;3*3-6H,1-2H3;3-5,7-8H,1-2H3;3-5H,1-2H3;3-4,6-7H,1-2H3;3-4H,1-2H3;2*5-6H,3-4H2,1-2H3;2*1-2H3;1H. The zero-order valence-corrected chi connectivity index (χ0v) is 69.0. The van der Waals surface area contributed by atoms with E-state index in [-0.39, 0.29) is 20.2 Å². The van der Waals surface area contributed by atoms with Crippen LogP contribution in [0.15, 0.2) is 168 Å². The smallest absolute Gasteiger partial charge is 0.154 e. The molecule has 100 heavy (non-hydrogen) atoms. The van der Waals surface area contributed by atoms with Crippen molar-refractivity contribution in [3.05, 3.63) is 219 Å². The van der Waals surface area contributed by atoms with Gasteiger partial charge in [-0.25, -0.2) is 9.97 Å². The quantitative estimate of drug-likeness (QED) is 0.146. The number of aromatic nitrogens is 3. The average molecular weight is 1380 g/mol. The molecular formula is C90H150N6O4. The second kappa shape index (κ2) is 60.3. The van der Waals surface area contributed by atoms with Gasteiger partial charge in [0.1, 0.15) is 12.0 Å². The maximum Gasteiger partial charge on any atom is 0.154 e. The molecule has 564 valence electrons. The summed E-state index contributed by atoms with van der Waals surface area (Å²) in [7, 11) is 0. The molecule has 7 aliphatic rings. The Kier molecular flexibility index (Phi) is 57.7. The summed E-state index contributed by atoms with van der Waals surface area (Å²) >= 11 is 0. The highest BCUT2D eigenvalue weighted by Crippen LogP contribution is 2.27. The third-order valence-corrected chi connectivity index (χ3v) is 16.5. The molecule has 12 rings (SSSR count). The Hall–Kier alpha value is -6.30. The number of aryl methyl sites for hydroxylation is 10. The highest BCUT2D eigenvalue weighted by Gasteiger charge is 2.15. The summed E-state index contributed by atoms with van der Waals surface area (Å²) in [6, 6.07) is 30.0. The van der Waals surface area contributed by atoms with E-state index in [2.05, 4.69) is 245 Å². The molecule has 4 aliphatic heterocycles. The third kappa shape index (κ3) is 58.4. The van der Waals surface area contributed by atoms with Crippen molar-refractivity contribution in [2.75, 3.05) is 26.4 Å². The van der Waals surface area contributed by atoms with E-state index in [1.54, 1.807) is 11.1 Å². The number of dihydropyridines is 1.